The van der Waals surface area contributed by atoms with Gasteiger partial charge in [0.1, 0.15) is 0 Å². The van der Waals surface area contributed by atoms with Crippen molar-refractivity contribution >= 4 is 5.97 Å². The minimum Gasteiger partial charge on any atom is -0.476 e. The van der Waals surface area contributed by atoms with Crippen LogP contribution in [-0.4, -0.2) is 27.5 Å². The number of alkyl halides is 2. The van der Waals surface area contributed by atoms with Crippen LogP contribution in [0.4, 0.5) is 13.2 Å². The van der Waals surface area contributed by atoms with E-state index in [9.17, 15) is 18.0 Å². The van der Waals surface area contributed by atoms with E-state index in [1.807, 2.05) is 0 Å². The third-order valence-electron chi connectivity index (χ3n) is 1.34. The maximum atomic E-state index is 13.0. The molecule has 0 unspecified atom stereocenters. The maximum Gasteiger partial charge on any atom is 0.388 e. The lowest BCUT2D eigenvalue weighted by molar-refractivity contribution is -0.0577. The summed E-state index contributed by atoms with van der Waals surface area (Å²) in [5.74, 6) is -3.97. The molecule has 14 heavy (non-hydrogen) atoms. The second-order valence-electron chi connectivity index (χ2n) is 2.28. The maximum absolute atomic E-state index is 13.0. The molecule has 8 heteroatoms. The van der Waals surface area contributed by atoms with Crippen molar-refractivity contribution in [3.8, 4) is 5.88 Å². The van der Waals surface area contributed by atoms with Crippen LogP contribution in [0.25, 0.3) is 0 Å². The fourth-order valence-electron chi connectivity index (χ4n) is 0.832. The summed E-state index contributed by atoms with van der Waals surface area (Å²) < 4.78 is 40.7. The Morgan fingerprint density at radius 1 is 1.64 bits per heavy atom. The van der Waals surface area contributed by atoms with Crippen LogP contribution >= 0.6 is 0 Å². The molecule has 0 spiro atoms. The molecule has 78 valence electrons. The van der Waals surface area contributed by atoms with Crippen molar-refractivity contribution in [2.24, 2.45) is 7.05 Å². The van der Waals surface area contributed by atoms with Gasteiger partial charge in [-0.25, -0.2) is 9.48 Å². The summed E-state index contributed by atoms with van der Waals surface area (Å²) in [6.45, 7) is -3.23. The lowest BCUT2D eigenvalue weighted by atomic mass is 10.4. The van der Waals surface area contributed by atoms with Gasteiger partial charge in [-0.2, -0.15) is 18.3 Å². The Morgan fingerprint density at radius 2 is 2.21 bits per heavy atom. The fourth-order valence-corrected chi connectivity index (χ4v) is 0.832. The Hall–Kier alpha value is -1.73. The van der Waals surface area contributed by atoms with Crippen LogP contribution in [0.15, 0.2) is 0 Å². The van der Waals surface area contributed by atoms with E-state index in [0.717, 1.165) is 7.05 Å². The topological polar surface area (TPSA) is 64.4 Å². The van der Waals surface area contributed by atoms with Crippen molar-refractivity contribution in [3.63, 3.8) is 0 Å². The standard InChI is InChI=1S/C6H5F3N2O3/c1-11-4(14-6(8)9)2(7)3(10-11)5(12)13/h6H,1H3,(H,12,13). The van der Waals surface area contributed by atoms with Gasteiger partial charge >= 0.3 is 12.6 Å². The van der Waals surface area contributed by atoms with Crippen LogP contribution in [0.5, 0.6) is 5.88 Å². The zero-order valence-electron chi connectivity index (χ0n) is 6.87. The monoisotopic (exact) mass is 210 g/mol. The number of hydrogen-bond acceptors (Lipinski definition) is 3. The smallest absolute Gasteiger partial charge is 0.388 e. The molecule has 0 saturated carbocycles. The predicted octanol–water partition coefficient (Wildman–Crippen LogP) is 0.859. The molecule has 0 saturated heterocycles. The number of ether oxygens (including phenoxy) is 1. The van der Waals surface area contributed by atoms with Gasteiger partial charge in [0.15, 0.2) is 0 Å². The lowest BCUT2D eigenvalue weighted by Gasteiger charge is -2.02. The van der Waals surface area contributed by atoms with Gasteiger partial charge < -0.3 is 9.84 Å². The van der Waals surface area contributed by atoms with E-state index in [4.69, 9.17) is 5.11 Å². The van der Waals surface area contributed by atoms with Crippen LogP contribution in [0.1, 0.15) is 10.5 Å². The number of carboxylic acids is 1. The summed E-state index contributed by atoms with van der Waals surface area (Å²) in [7, 11) is 1.09. The average molecular weight is 210 g/mol. The van der Waals surface area contributed by atoms with Gasteiger partial charge in [0.2, 0.25) is 11.5 Å². The first kappa shape index (κ1) is 10.4. The summed E-state index contributed by atoms with van der Waals surface area (Å²) in [5.41, 5.74) is -0.955. The number of aromatic nitrogens is 2. The molecule has 1 aromatic rings. The zero-order valence-corrected chi connectivity index (χ0v) is 6.87. The van der Waals surface area contributed by atoms with Crippen molar-refractivity contribution < 1.29 is 27.8 Å². The molecular formula is C6H5F3N2O3. The summed E-state index contributed by atoms with van der Waals surface area (Å²) in [6, 6.07) is 0. The molecule has 1 aromatic heterocycles. The first-order valence-electron chi connectivity index (χ1n) is 3.34. The highest BCUT2D eigenvalue weighted by atomic mass is 19.3. The molecule has 0 fully saturated rings. The number of carbonyl (C=O) groups is 1. The first-order valence-corrected chi connectivity index (χ1v) is 3.34. The van der Waals surface area contributed by atoms with Crippen molar-refractivity contribution in [2.45, 2.75) is 6.61 Å². The molecule has 0 bridgehead atoms. The quantitative estimate of drug-likeness (QED) is 0.803. The normalized spacial score (nSPS) is 10.6. The van der Waals surface area contributed by atoms with Gasteiger partial charge in [0.25, 0.3) is 5.88 Å². The Labute approximate surface area is 75.7 Å². The molecule has 0 aromatic carbocycles. The highest BCUT2D eigenvalue weighted by Gasteiger charge is 2.24. The van der Waals surface area contributed by atoms with Crippen LogP contribution in [0, 0.1) is 5.82 Å². The van der Waals surface area contributed by atoms with Gasteiger partial charge in [-0.15, -0.1) is 0 Å². The van der Waals surface area contributed by atoms with Crippen molar-refractivity contribution in [1.82, 2.24) is 9.78 Å². The second kappa shape index (κ2) is 3.56. The summed E-state index contributed by atoms with van der Waals surface area (Å²) >= 11 is 0. The molecular weight excluding hydrogens is 205 g/mol. The molecule has 0 radical (unpaired) electrons. The minimum absolute atomic E-state index is 0.588. The Balaban J connectivity index is 3.11. The molecule has 0 amide bonds. The van der Waals surface area contributed by atoms with E-state index in [1.54, 1.807) is 0 Å². The molecule has 1 heterocycles. The number of rotatable bonds is 3. The summed E-state index contributed by atoms with van der Waals surface area (Å²) in [6.07, 6.45) is 0. The number of hydrogen-bond donors (Lipinski definition) is 1. The molecule has 1 rings (SSSR count). The van der Waals surface area contributed by atoms with Crippen LogP contribution in [0.3, 0.4) is 0 Å². The third kappa shape index (κ3) is 1.78. The Bertz CT molecular complexity index is 363. The lowest BCUT2D eigenvalue weighted by Crippen LogP contribution is -2.07. The summed E-state index contributed by atoms with van der Waals surface area (Å²) in [4.78, 5) is 10.3. The molecule has 0 aliphatic heterocycles. The third-order valence-corrected chi connectivity index (χ3v) is 1.34. The van der Waals surface area contributed by atoms with Crippen molar-refractivity contribution in [3.05, 3.63) is 11.5 Å². The van der Waals surface area contributed by atoms with Crippen LogP contribution in [-0.2, 0) is 7.05 Å². The van der Waals surface area contributed by atoms with E-state index < -0.39 is 30.0 Å². The SMILES string of the molecule is Cn1nc(C(=O)O)c(F)c1OC(F)F. The Kier molecular flexibility index (Phi) is 2.63. The molecule has 5 nitrogen and oxygen atoms in total. The summed E-state index contributed by atoms with van der Waals surface area (Å²) in [5, 5.41) is 11.5. The van der Waals surface area contributed by atoms with Gasteiger partial charge in [-0.3, -0.25) is 0 Å². The zero-order chi connectivity index (χ0) is 10.9. The van der Waals surface area contributed by atoms with Gasteiger partial charge in [0, 0.05) is 7.05 Å². The highest BCUT2D eigenvalue weighted by Crippen LogP contribution is 2.21. The van der Waals surface area contributed by atoms with E-state index in [2.05, 4.69) is 9.84 Å². The molecule has 0 aliphatic carbocycles. The van der Waals surface area contributed by atoms with Gasteiger partial charge in [-0.1, -0.05) is 0 Å². The van der Waals surface area contributed by atoms with Crippen molar-refractivity contribution in [2.75, 3.05) is 0 Å². The van der Waals surface area contributed by atoms with E-state index in [-0.39, 0.29) is 0 Å². The number of aromatic carboxylic acids is 1. The highest BCUT2D eigenvalue weighted by molar-refractivity contribution is 5.86. The van der Waals surface area contributed by atoms with E-state index >= 15 is 0 Å². The Morgan fingerprint density at radius 3 is 2.57 bits per heavy atom. The number of nitrogens with zero attached hydrogens (tertiary/aromatic N) is 2. The second-order valence-corrected chi connectivity index (χ2v) is 2.28. The number of halogens is 3. The number of carboxylic acid groups (broad SMARTS) is 1. The fraction of sp³-hybridized carbons (Fsp3) is 0.333. The van der Waals surface area contributed by atoms with Crippen molar-refractivity contribution in [1.29, 1.82) is 0 Å². The molecule has 1 N–H and O–H groups in total. The van der Waals surface area contributed by atoms with Crippen LogP contribution in [0.2, 0.25) is 0 Å². The largest absolute Gasteiger partial charge is 0.476 e. The van der Waals surface area contributed by atoms with Crippen LogP contribution < -0.4 is 4.74 Å². The average Bonchev–Trinajstić information content (AvgIpc) is 2.31. The van der Waals surface area contributed by atoms with Gasteiger partial charge in [0.05, 0.1) is 0 Å². The minimum atomic E-state index is -3.23. The molecule has 0 atom stereocenters. The predicted molar refractivity (Wildman–Crippen MR) is 36.8 cm³/mol. The van der Waals surface area contributed by atoms with E-state index in [0.29, 0.717) is 4.68 Å². The number of aryl methyl sites for hydroxylation is 1. The molecule has 0 aliphatic rings. The van der Waals surface area contributed by atoms with Gasteiger partial charge in [-0.05, 0) is 0 Å². The van der Waals surface area contributed by atoms with E-state index in [1.165, 1.54) is 0 Å². The first-order chi connectivity index (χ1) is 6.43.